The number of hydrogen-bond acceptors (Lipinski definition) is 3. The number of aliphatic hydroxyl groups excluding tert-OH is 1. The highest BCUT2D eigenvalue weighted by Gasteiger charge is 2.13. The topological polar surface area (TPSA) is 58.6 Å². The van der Waals surface area contributed by atoms with Crippen molar-refractivity contribution < 1.29 is 14.6 Å². The number of benzene rings is 2. The van der Waals surface area contributed by atoms with Crippen molar-refractivity contribution in [1.82, 2.24) is 5.32 Å². The first-order valence-corrected chi connectivity index (χ1v) is 6.90. The second kappa shape index (κ2) is 7.67. The Labute approximate surface area is 128 Å². The molecule has 2 aromatic carbocycles. The third kappa shape index (κ3) is 4.77. The van der Waals surface area contributed by atoms with Gasteiger partial charge in [-0.05, 0) is 23.8 Å². The van der Waals surface area contributed by atoms with Gasteiger partial charge in [0.25, 0.3) is 5.91 Å². The number of carbonyl (C=O) groups excluding carboxylic acids is 1. The van der Waals surface area contributed by atoms with Crippen LogP contribution in [0.3, 0.4) is 0 Å². The number of nitrogens with one attached hydrogen (secondary N) is 1. The zero-order valence-electron chi connectivity index (χ0n) is 11.3. The van der Waals surface area contributed by atoms with Gasteiger partial charge < -0.3 is 15.2 Å². The minimum atomic E-state index is -0.443. The van der Waals surface area contributed by atoms with Crippen molar-refractivity contribution in [2.75, 3.05) is 13.2 Å². The van der Waals surface area contributed by atoms with E-state index in [4.69, 9.17) is 16.3 Å². The van der Waals surface area contributed by atoms with Crippen molar-refractivity contribution in [1.29, 1.82) is 0 Å². The molecule has 5 heteroatoms. The lowest BCUT2D eigenvalue weighted by Gasteiger charge is -2.17. The summed E-state index contributed by atoms with van der Waals surface area (Å²) < 4.78 is 5.35. The van der Waals surface area contributed by atoms with Crippen LogP contribution in [0.4, 0.5) is 0 Å². The Balaban J connectivity index is 1.89. The first-order valence-electron chi connectivity index (χ1n) is 6.52. The Morgan fingerprint density at radius 3 is 2.62 bits per heavy atom. The van der Waals surface area contributed by atoms with Gasteiger partial charge >= 0.3 is 0 Å². The fourth-order valence-corrected chi connectivity index (χ4v) is 2.04. The molecular formula is C16H16ClNO3. The van der Waals surface area contributed by atoms with Gasteiger partial charge in [0.15, 0.2) is 6.61 Å². The molecule has 0 aliphatic rings. The third-order valence-corrected chi connectivity index (χ3v) is 3.12. The maximum atomic E-state index is 11.9. The molecule has 110 valence electrons. The number of hydrogen-bond donors (Lipinski definition) is 2. The first-order chi connectivity index (χ1) is 10.2. The van der Waals surface area contributed by atoms with Crippen LogP contribution in [0, 0.1) is 0 Å². The molecule has 2 rings (SSSR count). The minimum Gasteiger partial charge on any atom is -0.484 e. The van der Waals surface area contributed by atoms with Crippen LogP contribution >= 0.6 is 11.6 Å². The molecule has 0 saturated carbocycles. The highest BCUT2D eigenvalue weighted by Crippen LogP contribution is 2.17. The number of amides is 1. The predicted octanol–water partition coefficient (Wildman–Crippen LogP) is 2.57. The summed E-state index contributed by atoms with van der Waals surface area (Å²) in [4.78, 5) is 11.9. The highest BCUT2D eigenvalue weighted by atomic mass is 35.5. The van der Waals surface area contributed by atoms with Gasteiger partial charge in [-0.15, -0.1) is 0 Å². The molecule has 0 aliphatic carbocycles. The quantitative estimate of drug-likeness (QED) is 0.862. The Hall–Kier alpha value is -2.04. The van der Waals surface area contributed by atoms with Crippen molar-refractivity contribution in [3.8, 4) is 5.75 Å². The van der Waals surface area contributed by atoms with Gasteiger partial charge in [0, 0.05) is 5.02 Å². The second-order valence-corrected chi connectivity index (χ2v) is 4.90. The van der Waals surface area contributed by atoms with Crippen molar-refractivity contribution in [3.05, 3.63) is 65.2 Å². The fourth-order valence-electron chi connectivity index (χ4n) is 1.86. The lowest BCUT2D eigenvalue weighted by atomic mass is 10.1. The lowest BCUT2D eigenvalue weighted by Crippen LogP contribution is -2.34. The standard InChI is InChI=1S/C16H16ClNO3/c17-13-7-4-8-14(9-13)21-11-16(20)18-15(10-19)12-5-2-1-3-6-12/h1-9,15,19H,10-11H2,(H,18,20)/t15-/m0/s1. The van der Waals surface area contributed by atoms with Gasteiger partial charge in [0.05, 0.1) is 12.6 Å². The summed E-state index contributed by atoms with van der Waals surface area (Å²) >= 11 is 5.83. The largest absolute Gasteiger partial charge is 0.484 e. The Morgan fingerprint density at radius 1 is 1.19 bits per heavy atom. The van der Waals surface area contributed by atoms with E-state index in [0.29, 0.717) is 10.8 Å². The molecule has 2 N–H and O–H groups in total. The molecule has 1 atom stereocenters. The molecule has 21 heavy (non-hydrogen) atoms. The first kappa shape index (κ1) is 15.4. The molecule has 0 saturated heterocycles. The van der Waals surface area contributed by atoms with Gasteiger partial charge in [0.2, 0.25) is 0 Å². The normalized spacial score (nSPS) is 11.7. The third-order valence-electron chi connectivity index (χ3n) is 2.89. The molecule has 4 nitrogen and oxygen atoms in total. The molecule has 1 amide bonds. The van der Waals surface area contributed by atoms with E-state index in [2.05, 4.69) is 5.32 Å². The van der Waals surface area contributed by atoms with Crippen LogP contribution in [0.5, 0.6) is 5.75 Å². The summed E-state index contributed by atoms with van der Waals surface area (Å²) in [7, 11) is 0. The van der Waals surface area contributed by atoms with E-state index in [1.807, 2.05) is 30.3 Å². The van der Waals surface area contributed by atoms with Gasteiger partial charge in [0.1, 0.15) is 5.75 Å². The maximum absolute atomic E-state index is 11.9. The number of carbonyl (C=O) groups is 1. The monoisotopic (exact) mass is 305 g/mol. The van der Waals surface area contributed by atoms with Crippen LogP contribution in [-0.2, 0) is 4.79 Å². The van der Waals surface area contributed by atoms with Gasteiger partial charge in [-0.25, -0.2) is 0 Å². The van der Waals surface area contributed by atoms with E-state index in [0.717, 1.165) is 5.56 Å². The van der Waals surface area contributed by atoms with Gasteiger partial charge in [-0.1, -0.05) is 48.0 Å². The molecule has 0 unspecified atom stereocenters. The van der Waals surface area contributed by atoms with Crippen LogP contribution in [-0.4, -0.2) is 24.2 Å². The SMILES string of the molecule is O=C(COc1cccc(Cl)c1)N[C@@H](CO)c1ccccc1. The Morgan fingerprint density at radius 2 is 1.95 bits per heavy atom. The summed E-state index contributed by atoms with van der Waals surface area (Å²) in [5, 5.41) is 12.6. The second-order valence-electron chi connectivity index (χ2n) is 4.46. The molecular weight excluding hydrogens is 290 g/mol. The molecule has 0 spiro atoms. The molecule has 0 radical (unpaired) electrons. The summed E-state index contributed by atoms with van der Waals surface area (Å²) in [6, 6.07) is 15.7. The summed E-state index contributed by atoms with van der Waals surface area (Å²) in [5.41, 5.74) is 0.844. The fraction of sp³-hybridized carbons (Fsp3) is 0.188. The van der Waals surface area contributed by atoms with E-state index in [1.54, 1.807) is 24.3 Å². The van der Waals surface area contributed by atoms with Crippen molar-refractivity contribution in [3.63, 3.8) is 0 Å². The molecule has 0 fully saturated rings. The average molecular weight is 306 g/mol. The molecule has 0 aromatic heterocycles. The predicted molar refractivity (Wildman–Crippen MR) is 81.4 cm³/mol. The van der Waals surface area contributed by atoms with E-state index in [1.165, 1.54) is 0 Å². The van der Waals surface area contributed by atoms with Crippen LogP contribution in [0.25, 0.3) is 0 Å². The van der Waals surface area contributed by atoms with Gasteiger partial charge in [-0.2, -0.15) is 0 Å². The average Bonchev–Trinajstić information content (AvgIpc) is 2.51. The zero-order chi connectivity index (χ0) is 15.1. The van der Waals surface area contributed by atoms with Crippen LogP contribution in [0.15, 0.2) is 54.6 Å². The number of aliphatic hydroxyl groups is 1. The van der Waals surface area contributed by atoms with Crippen LogP contribution in [0.2, 0.25) is 5.02 Å². The summed E-state index contributed by atoms with van der Waals surface area (Å²) in [6.07, 6.45) is 0. The van der Waals surface area contributed by atoms with Crippen molar-refractivity contribution in [2.45, 2.75) is 6.04 Å². The van der Waals surface area contributed by atoms with Crippen LogP contribution in [0.1, 0.15) is 11.6 Å². The van der Waals surface area contributed by atoms with E-state index < -0.39 is 6.04 Å². The number of halogens is 1. The van der Waals surface area contributed by atoms with Crippen molar-refractivity contribution in [2.24, 2.45) is 0 Å². The van der Waals surface area contributed by atoms with Gasteiger partial charge in [-0.3, -0.25) is 4.79 Å². The van der Waals surface area contributed by atoms with Crippen molar-refractivity contribution >= 4 is 17.5 Å². The van der Waals surface area contributed by atoms with Crippen LogP contribution < -0.4 is 10.1 Å². The maximum Gasteiger partial charge on any atom is 0.258 e. The molecule has 0 heterocycles. The van der Waals surface area contributed by atoms with E-state index >= 15 is 0 Å². The highest BCUT2D eigenvalue weighted by molar-refractivity contribution is 6.30. The number of ether oxygens (including phenoxy) is 1. The van der Waals surface area contributed by atoms with E-state index in [-0.39, 0.29) is 19.1 Å². The number of rotatable bonds is 6. The Kier molecular flexibility index (Phi) is 5.60. The Bertz CT molecular complexity index is 589. The smallest absolute Gasteiger partial charge is 0.258 e. The zero-order valence-corrected chi connectivity index (χ0v) is 12.1. The van der Waals surface area contributed by atoms with E-state index in [9.17, 15) is 9.90 Å². The lowest BCUT2D eigenvalue weighted by molar-refractivity contribution is -0.124. The molecule has 2 aromatic rings. The summed E-state index contributed by atoms with van der Waals surface area (Å²) in [6.45, 7) is -0.309. The molecule has 0 aliphatic heterocycles. The molecule has 0 bridgehead atoms. The summed E-state index contributed by atoms with van der Waals surface area (Å²) in [5.74, 6) is 0.218. The minimum absolute atomic E-state index is 0.135.